The molecular formula is C29H38ClFN7O4S+. The fourth-order valence-electron chi connectivity index (χ4n) is 5.79. The molecule has 11 nitrogen and oxygen atoms in total. The molecule has 5 atom stereocenters. The average molecular weight is 635 g/mol. The van der Waals surface area contributed by atoms with Crippen LogP contribution in [-0.4, -0.2) is 76.5 Å². The van der Waals surface area contributed by atoms with Gasteiger partial charge in [-0.25, -0.2) is 12.8 Å². The van der Waals surface area contributed by atoms with E-state index in [0.717, 1.165) is 41.9 Å². The summed E-state index contributed by atoms with van der Waals surface area (Å²) in [6.45, 7) is 3.64. The van der Waals surface area contributed by atoms with E-state index in [1.807, 2.05) is 7.05 Å². The number of likely N-dealkylation sites (N-methyl/N-ethyl adjacent to an activating group) is 2. The summed E-state index contributed by atoms with van der Waals surface area (Å²) in [6, 6.07) is 7.81. The van der Waals surface area contributed by atoms with Gasteiger partial charge in [0.2, 0.25) is 27.6 Å². The maximum absolute atomic E-state index is 13.6. The third-order valence-electron chi connectivity index (χ3n) is 8.65. The molecule has 2 aromatic heterocycles. The van der Waals surface area contributed by atoms with Gasteiger partial charge in [-0.15, -0.1) is 10.2 Å². The third-order valence-corrected chi connectivity index (χ3v) is 10.2. The van der Waals surface area contributed by atoms with Crippen LogP contribution in [0.5, 0.6) is 0 Å². The molecule has 2 N–H and O–H groups in total. The van der Waals surface area contributed by atoms with E-state index in [1.165, 1.54) is 19.2 Å². The van der Waals surface area contributed by atoms with Gasteiger partial charge in [-0.05, 0) is 49.4 Å². The molecule has 1 amide bonds. The number of carbonyl (C=O) groups excluding carboxylic acids is 1. The number of quaternary nitrogens is 1. The van der Waals surface area contributed by atoms with E-state index in [-0.39, 0.29) is 51.4 Å². The van der Waals surface area contributed by atoms with Crippen LogP contribution in [0.15, 0.2) is 34.7 Å². The number of hydrogen-bond donors (Lipinski definition) is 2. The SMILES string of the molecule is CNC(=O)C[N+](C)(C[C@H]1C[C@@H]1C)c1cc(-c2nnc([C@H]3NCCC[C@H]3c3ccc(F)cc3)o2)c(Cl)c(N(C)S(C)(=O)=O)n1. The Bertz CT molecular complexity index is 1600. The Labute approximate surface area is 256 Å². The summed E-state index contributed by atoms with van der Waals surface area (Å²) in [5.74, 6) is 1.29. The van der Waals surface area contributed by atoms with Gasteiger partial charge in [0.15, 0.2) is 12.4 Å². The molecule has 2 fully saturated rings. The number of carbonyl (C=O) groups is 1. The van der Waals surface area contributed by atoms with Crippen molar-refractivity contribution in [3.8, 4) is 11.5 Å². The lowest BCUT2D eigenvalue weighted by Crippen LogP contribution is -2.53. The number of nitrogens with zero attached hydrogens (tertiary/aromatic N) is 5. The summed E-state index contributed by atoms with van der Waals surface area (Å²) in [4.78, 5) is 17.4. The highest BCUT2D eigenvalue weighted by Crippen LogP contribution is 2.44. The third kappa shape index (κ3) is 6.69. The predicted molar refractivity (Wildman–Crippen MR) is 164 cm³/mol. The Morgan fingerprint density at radius 3 is 2.60 bits per heavy atom. The second kappa shape index (κ2) is 12.1. The summed E-state index contributed by atoms with van der Waals surface area (Å²) in [5, 5.41) is 14.9. The molecule has 2 aliphatic rings. The number of rotatable bonds is 10. The maximum atomic E-state index is 13.6. The first-order valence-electron chi connectivity index (χ1n) is 14.3. The molecule has 232 valence electrons. The number of hydrogen-bond acceptors (Lipinski definition) is 8. The number of anilines is 1. The summed E-state index contributed by atoms with van der Waals surface area (Å²) in [5.41, 5.74) is 1.27. The van der Waals surface area contributed by atoms with Gasteiger partial charge in [-0.1, -0.05) is 30.7 Å². The Morgan fingerprint density at radius 2 is 1.98 bits per heavy atom. The minimum Gasteiger partial charge on any atom is -0.419 e. The van der Waals surface area contributed by atoms with Crippen molar-refractivity contribution in [1.29, 1.82) is 0 Å². The Hall–Kier alpha value is -3.13. The molecule has 0 radical (unpaired) electrons. The highest BCUT2D eigenvalue weighted by atomic mass is 35.5. The van der Waals surface area contributed by atoms with Gasteiger partial charge in [-0.2, -0.15) is 4.98 Å². The predicted octanol–water partition coefficient (Wildman–Crippen LogP) is 3.87. The summed E-state index contributed by atoms with van der Waals surface area (Å²) in [7, 11) is 1.12. The molecule has 1 aliphatic carbocycles. The second-order valence-electron chi connectivity index (χ2n) is 12.0. The van der Waals surface area contributed by atoms with E-state index < -0.39 is 10.0 Å². The number of pyridine rings is 1. The second-order valence-corrected chi connectivity index (χ2v) is 14.3. The van der Waals surface area contributed by atoms with Crippen LogP contribution in [0.2, 0.25) is 5.02 Å². The molecule has 1 saturated heterocycles. The van der Waals surface area contributed by atoms with Crippen molar-refractivity contribution in [1.82, 2.24) is 30.3 Å². The monoisotopic (exact) mass is 634 g/mol. The zero-order valence-corrected chi connectivity index (χ0v) is 26.5. The molecule has 3 aromatic rings. The number of aromatic nitrogens is 3. The van der Waals surface area contributed by atoms with E-state index in [4.69, 9.17) is 21.0 Å². The minimum absolute atomic E-state index is 0.00139. The van der Waals surface area contributed by atoms with Crippen molar-refractivity contribution in [2.24, 2.45) is 11.8 Å². The van der Waals surface area contributed by atoms with Crippen molar-refractivity contribution >= 4 is 39.2 Å². The van der Waals surface area contributed by atoms with Crippen LogP contribution in [0.3, 0.4) is 0 Å². The minimum atomic E-state index is -3.74. The van der Waals surface area contributed by atoms with E-state index in [2.05, 4.69) is 27.8 Å². The maximum Gasteiger partial charge on any atom is 0.275 e. The van der Waals surface area contributed by atoms with Gasteiger partial charge >= 0.3 is 0 Å². The number of piperidine rings is 1. The summed E-state index contributed by atoms with van der Waals surface area (Å²) in [6.07, 6.45) is 3.88. The Kier molecular flexibility index (Phi) is 8.81. The highest BCUT2D eigenvalue weighted by Gasteiger charge is 2.43. The first-order valence-corrected chi connectivity index (χ1v) is 16.6. The van der Waals surface area contributed by atoms with Crippen LogP contribution in [0.1, 0.15) is 49.6 Å². The van der Waals surface area contributed by atoms with E-state index in [0.29, 0.717) is 35.7 Å². The molecule has 3 heterocycles. The Balaban J connectivity index is 1.59. The number of nitrogens with one attached hydrogen (secondary N) is 2. The lowest BCUT2D eigenvalue weighted by Gasteiger charge is -2.33. The molecular weight excluding hydrogens is 597 g/mol. The van der Waals surface area contributed by atoms with Crippen LogP contribution in [-0.2, 0) is 14.8 Å². The van der Waals surface area contributed by atoms with Crippen molar-refractivity contribution in [3.63, 3.8) is 0 Å². The van der Waals surface area contributed by atoms with Crippen LogP contribution in [0.25, 0.3) is 11.5 Å². The summed E-state index contributed by atoms with van der Waals surface area (Å²) >= 11 is 6.84. The standard InChI is InChI=1S/C29H37ClFN7O4S/c1-17-13-19(17)15-38(4,16-24(39)32-2)23-14-22(25(30)27(34-23)37(3)43(5,40)41)28-35-36-29(42-28)26-21(7-6-12-33-26)18-8-10-20(31)11-9-18/h8-11,14,17,19,21,26,33H,6-7,12-13,15-16H2,1-5H3/p+1/t17-,19+,21-,26-,38?/m0/s1. The van der Waals surface area contributed by atoms with Crippen molar-refractivity contribution in [2.75, 3.05) is 51.3 Å². The normalized spacial score (nSPS) is 23.4. The Morgan fingerprint density at radius 1 is 1.28 bits per heavy atom. The molecule has 1 saturated carbocycles. The zero-order chi connectivity index (χ0) is 31.1. The first-order chi connectivity index (χ1) is 20.3. The fraction of sp³-hybridized carbons (Fsp3) is 0.517. The van der Waals surface area contributed by atoms with Gasteiger partial charge < -0.3 is 15.1 Å². The van der Waals surface area contributed by atoms with Crippen molar-refractivity contribution in [2.45, 2.75) is 38.1 Å². The van der Waals surface area contributed by atoms with Crippen LogP contribution in [0, 0.1) is 17.7 Å². The molecule has 5 rings (SSSR count). The van der Waals surface area contributed by atoms with Crippen molar-refractivity contribution in [3.05, 3.63) is 52.6 Å². The molecule has 0 spiro atoms. The number of halogens is 2. The molecule has 1 aromatic carbocycles. The molecule has 43 heavy (non-hydrogen) atoms. The van der Waals surface area contributed by atoms with Gasteiger partial charge in [0, 0.05) is 32.0 Å². The molecule has 0 bridgehead atoms. The van der Waals surface area contributed by atoms with Gasteiger partial charge in [0.05, 0.1) is 36.5 Å². The number of sulfonamides is 1. The lowest BCUT2D eigenvalue weighted by atomic mass is 9.84. The molecule has 1 unspecified atom stereocenters. The van der Waals surface area contributed by atoms with E-state index in [1.54, 1.807) is 25.2 Å². The van der Waals surface area contributed by atoms with Gasteiger partial charge in [0.1, 0.15) is 5.82 Å². The van der Waals surface area contributed by atoms with E-state index in [9.17, 15) is 17.6 Å². The van der Waals surface area contributed by atoms with Gasteiger partial charge in [-0.3, -0.25) is 13.6 Å². The van der Waals surface area contributed by atoms with Crippen LogP contribution < -0.4 is 19.4 Å². The number of benzene rings is 1. The fourth-order valence-corrected chi connectivity index (χ4v) is 6.59. The smallest absolute Gasteiger partial charge is 0.275 e. The zero-order valence-electron chi connectivity index (χ0n) is 25.0. The highest BCUT2D eigenvalue weighted by molar-refractivity contribution is 7.92. The number of amides is 1. The summed E-state index contributed by atoms with van der Waals surface area (Å²) < 4.78 is 46.3. The lowest BCUT2D eigenvalue weighted by molar-refractivity contribution is -0.121. The molecule has 14 heteroatoms. The van der Waals surface area contributed by atoms with Crippen LogP contribution in [0.4, 0.5) is 16.0 Å². The van der Waals surface area contributed by atoms with E-state index >= 15 is 0 Å². The first kappa shape index (κ1) is 31.3. The topological polar surface area (TPSA) is 130 Å². The quantitative estimate of drug-likeness (QED) is 0.322. The largest absolute Gasteiger partial charge is 0.419 e. The average Bonchev–Trinajstić information content (AvgIpc) is 3.43. The van der Waals surface area contributed by atoms with Crippen molar-refractivity contribution < 1.29 is 22.0 Å². The molecule has 1 aliphatic heterocycles. The van der Waals surface area contributed by atoms with Crippen LogP contribution >= 0.6 is 11.6 Å². The van der Waals surface area contributed by atoms with Gasteiger partial charge in [0.25, 0.3) is 5.91 Å².